The zero-order chi connectivity index (χ0) is 31.3. The predicted molar refractivity (Wildman–Crippen MR) is 167 cm³/mol. The first-order chi connectivity index (χ1) is 18.9. The molecule has 40 heavy (non-hydrogen) atoms. The van der Waals surface area contributed by atoms with E-state index in [1.807, 2.05) is 71.9 Å². The molecular formula is C31H57N3O5S. The summed E-state index contributed by atoms with van der Waals surface area (Å²) in [6.07, 6.45) is 1.81. The summed E-state index contributed by atoms with van der Waals surface area (Å²) in [5, 5.41) is 5.43. The van der Waals surface area contributed by atoms with Gasteiger partial charge < -0.3 is 14.4 Å². The number of nitrogens with one attached hydrogen (secondary N) is 1. The van der Waals surface area contributed by atoms with Crippen LogP contribution in [0.15, 0.2) is 30.3 Å². The van der Waals surface area contributed by atoms with Gasteiger partial charge in [0.15, 0.2) is 0 Å². The molecule has 1 fully saturated rings. The van der Waals surface area contributed by atoms with Gasteiger partial charge in [0.05, 0.1) is 19.1 Å². The number of likely N-dealkylation sites (tertiary alicyclic amines) is 1. The first-order valence-electron chi connectivity index (χ1n) is 14.7. The predicted octanol–water partition coefficient (Wildman–Crippen LogP) is 6.67. The van der Waals surface area contributed by atoms with Gasteiger partial charge in [-0.3, -0.25) is 24.2 Å². The van der Waals surface area contributed by atoms with E-state index in [1.165, 1.54) is 6.42 Å². The van der Waals surface area contributed by atoms with Crippen molar-refractivity contribution in [3.05, 3.63) is 35.9 Å². The number of esters is 1. The molecule has 3 atom stereocenters. The van der Waals surface area contributed by atoms with Crippen LogP contribution in [0.2, 0.25) is 0 Å². The summed E-state index contributed by atoms with van der Waals surface area (Å²) >= 11 is 0.705. The zero-order valence-corrected chi connectivity index (χ0v) is 27.7. The smallest absolute Gasteiger partial charge is 0.307 e. The van der Waals surface area contributed by atoms with Crippen LogP contribution in [0.3, 0.4) is 0 Å². The molecule has 0 bridgehead atoms. The van der Waals surface area contributed by atoms with Gasteiger partial charge in [-0.25, -0.2) is 0 Å². The molecular weight excluding hydrogens is 526 g/mol. The Morgan fingerprint density at radius 3 is 2.10 bits per heavy atom. The Balaban J connectivity index is 0. The normalized spacial score (nSPS) is 16.8. The number of hydrogen-bond acceptors (Lipinski definition) is 7. The lowest BCUT2D eigenvalue weighted by Gasteiger charge is -2.29. The maximum atomic E-state index is 13.6. The molecule has 0 saturated carbocycles. The number of nitrogens with zero attached hydrogens (tertiary/aromatic N) is 1. The third-order valence-corrected chi connectivity index (χ3v) is 5.59. The average molecular weight is 584 g/mol. The highest BCUT2D eigenvalue weighted by atomic mass is 32.2. The van der Waals surface area contributed by atoms with E-state index < -0.39 is 23.5 Å². The Morgan fingerprint density at radius 1 is 1.07 bits per heavy atom. The van der Waals surface area contributed by atoms with Crippen molar-refractivity contribution in [2.24, 2.45) is 17.0 Å². The van der Waals surface area contributed by atoms with Gasteiger partial charge in [0, 0.05) is 31.0 Å². The molecule has 0 aromatic heterocycles. The molecule has 1 aliphatic rings. The SMILES string of the molecule is CC.CC.CC(C)CC(CC(=O)OC(C)(C)C)C(=O)N1CC(OCc2ccccc2)CC1C(=O)NSN.CCC. The minimum absolute atomic E-state index is 0.0275. The molecule has 3 N–H and O–H groups in total. The fraction of sp³-hybridized carbons (Fsp3) is 0.710. The summed E-state index contributed by atoms with van der Waals surface area (Å²) in [6.45, 7) is 22.3. The Bertz CT molecular complexity index is 815. The quantitative estimate of drug-likeness (QED) is 0.234. The lowest BCUT2D eigenvalue weighted by Crippen LogP contribution is -2.47. The molecule has 0 spiro atoms. The Morgan fingerprint density at radius 2 is 1.62 bits per heavy atom. The summed E-state index contributed by atoms with van der Waals surface area (Å²) in [6, 6.07) is 9.03. The topological polar surface area (TPSA) is 111 Å². The van der Waals surface area contributed by atoms with E-state index in [4.69, 9.17) is 14.6 Å². The third-order valence-electron chi connectivity index (χ3n) is 5.27. The molecule has 1 saturated heterocycles. The van der Waals surface area contributed by atoms with Crippen LogP contribution in [0.4, 0.5) is 0 Å². The van der Waals surface area contributed by atoms with E-state index in [0.717, 1.165) is 5.56 Å². The third kappa shape index (κ3) is 16.9. The standard InChI is InChI=1S/C24H37N3O5S.C3H8.2C2H6/c1-16(2)11-18(12-21(28)32-24(3,4)5)23(30)27-14-19(13-20(27)22(29)26-33-25)31-15-17-9-7-6-8-10-17;1-3-2;2*1-2/h6-10,16,18-20H,11-15,25H2,1-5H3,(H,26,29);3H2,1-2H3;2*1-2H3. The molecule has 3 unspecified atom stereocenters. The van der Waals surface area contributed by atoms with Crippen molar-refractivity contribution in [2.45, 2.75) is 126 Å². The van der Waals surface area contributed by atoms with Crippen LogP contribution >= 0.6 is 12.1 Å². The Labute approximate surface area is 248 Å². The van der Waals surface area contributed by atoms with Crippen LogP contribution in [0, 0.1) is 11.8 Å². The highest BCUT2D eigenvalue weighted by molar-refractivity contribution is 7.95. The fourth-order valence-electron chi connectivity index (χ4n) is 3.98. The number of hydrogen-bond donors (Lipinski definition) is 2. The van der Waals surface area contributed by atoms with Crippen LogP contribution in [-0.2, 0) is 30.5 Å². The minimum atomic E-state index is -0.706. The van der Waals surface area contributed by atoms with Crippen molar-refractivity contribution in [2.75, 3.05) is 6.54 Å². The maximum Gasteiger partial charge on any atom is 0.307 e. The number of amides is 2. The number of nitrogens with two attached hydrogens (primary N) is 1. The molecule has 232 valence electrons. The molecule has 2 rings (SSSR count). The van der Waals surface area contributed by atoms with Crippen molar-refractivity contribution >= 4 is 29.9 Å². The molecule has 2 amide bonds. The first-order valence-corrected chi connectivity index (χ1v) is 15.6. The van der Waals surface area contributed by atoms with Gasteiger partial charge in [-0.15, -0.1) is 0 Å². The highest BCUT2D eigenvalue weighted by Gasteiger charge is 2.43. The van der Waals surface area contributed by atoms with Crippen molar-refractivity contribution in [3.63, 3.8) is 0 Å². The summed E-state index contributed by atoms with van der Waals surface area (Å²) < 4.78 is 14.0. The summed E-state index contributed by atoms with van der Waals surface area (Å²) in [4.78, 5) is 40.3. The van der Waals surface area contributed by atoms with Crippen LogP contribution in [0.1, 0.15) is 107 Å². The number of ether oxygens (including phenoxy) is 2. The van der Waals surface area contributed by atoms with E-state index in [0.29, 0.717) is 31.6 Å². The number of carbonyl (C=O) groups is 3. The van der Waals surface area contributed by atoms with Crippen molar-refractivity contribution < 1.29 is 23.9 Å². The molecule has 0 radical (unpaired) electrons. The second-order valence-corrected chi connectivity index (χ2v) is 11.0. The fourth-order valence-corrected chi connectivity index (χ4v) is 4.24. The van der Waals surface area contributed by atoms with Crippen LogP contribution in [-0.4, -0.2) is 47.0 Å². The lowest BCUT2D eigenvalue weighted by atomic mass is 9.92. The number of rotatable bonds is 10. The van der Waals surface area contributed by atoms with E-state index in [2.05, 4.69) is 18.6 Å². The minimum Gasteiger partial charge on any atom is -0.460 e. The average Bonchev–Trinajstić information content (AvgIpc) is 3.33. The molecule has 8 nitrogen and oxygen atoms in total. The molecule has 0 aliphatic carbocycles. The monoisotopic (exact) mass is 583 g/mol. The van der Waals surface area contributed by atoms with Gasteiger partial charge in [0.1, 0.15) is 11.6 Å². The molecule has 1 heterocycles. The van der Waals surface area contributed by atoms with Crippen molar-refractivity contribution in [1.29, 1.82) is 0 Å². The Hall–Kier alpha value is -2.10. The number of carbonyl (C=O) groups excluding carboxylic acids is 3. The second kappa shape index (κ2) is 22.6. The van der Waals surface area contributed by atoms with Gasteiger partial charge >= 0.3 is 5.97 Å². The van der Waals surface area contributed by atoms with E-state index >= 15 is 0 Å². The number of benzene rings is 1. The van der Waals surface area contributed by atoms with Gasteiger partial charge in [-0.2, -0.15) is 0 Å². The van der Waals surface area contributed by atoms with Crippen LogP contribution in [0.25, 0.3) is 0 Å². The zero-order valence-electron chi connectivity index (χ0n) is 26.9. The largest absolute Gasteiger partial charge is 0.460 e. The highest BCUT2D eigenvalue weighted by Crippen LogP contribution is 2.28. The van der Waals surface area contributed by atoms with Gasteiger partial charge in [-0.1, -0.05) is 92.1 Å². The summed E-state index contributed by atoms with van der Waals surface area (Å²) in [5.41, 5.74) is 0.385. The van der Waals surface area contributed by atoms with E-state index in [9.17, 15) is 14.4 Å². The van der Waals surface area contributed by atoms with Gasteiger partial charge in [-0.05, 0) is 38.7 Å². The van der Waals surface area contributed by atoms with Crippen molar-refractivity contribution in [3.8, 4) is 0 Å². The molecule has 9 heteroatoms. The summed E-state index contributed by atoms with van der Waals surface area (Å²) in [5.74, 6) is -1.38. The maximum absolute atomic E-state index is 13.6. The molecule has 1 aromatic carbocycles. The second-order valence-electron chi connectivity index (χ2n) is 10.6. The van der Waals surface area contributed by atoms with Gasteiger partial charge in [0.25, 0.3) is 5.91 Å². The lowest BCUT2D eigenvalue weighted by molar-refractivity contribution is -0.159. The Kier molecular flexibility index (Phi) is 22.6. The molecule has 1 aliphatic heterocycles. The van der Waals surface area contributed by atoms with Crippen molar-refractivity contribution in [1.82, 2.24) is 9.62 Å². The van der Waals surface area contributed by atoms with Crippen LogP contribution in [0.5, 0.6) is 0 Å². The molecule has 1 aromatic rings. The van der Waals surface area contributed by atoms with Crippen LogP contribution < -0.4 is 9.86 Å². The van der Waals surface area contributed by atoms with E-state index in [1.54, 1.807) is 25.7 Å². The first kappa shape index (κ1) is 40.0. The summed E-state index contributed by atoms with van der Waals surface area (Å²) in [7, 11) is 0. The van der Waals surface area contributed by atoms with E-state index in [-0.39, 0.29) is 36.8 Å². The van der Waals surface area contributed by atoms with Gasteiger partial charge in [0.2, 0.25) is 5.91 Å².